The van der Waals surface area contributed by atoms with Crippen LogP contribution in [-0.4, -0.2) is 15.9 Å². The number of nitrogens with zero attached hydrogens (tertiary/aromatic N) is 1. The molecule has 0 fully saturated rings. The van der Waals surface area contributed by atoms with Crippen LogP contribution in [0.2, 0.25) is 5.02 Å². The summed E-state index contributed by atoms with van der Waals surface area (Å²) in [6.07, 6.45) is 9.47. The maximum absolute atomic E-state index is 12.4. The van der Waals surface area contributed by atoms with E-state index in [1.807, 2.05) is 12.1 Å². The number of halogens is 1. The third-order valence-corrected chi connectivity index (χ3v) is 3.79. The molecule has 24 heavy (non-hydrogen) atoms. The summed E-state index contributed by atoms with van der Waals surface area (Å²) in [5, 5.41) is 5.26. The highest BCUT2D eigenvalue weighted by Crippen LogP contribution is 2.33. The number of rotatable bonds is 4. The van der Waals surface area contributed by atoms with Crippen LogP contribution in [0.4, 0.5) is 5.69 Å². The quantitative estimate of drug-likeness (QED) is 0.498. The second-order valence-corrected chi connectivity index (χ2v) is 5.53. The third kappa shape index (κ3) is 2.89. The number of benzene rings is 1. The fraction of sp³-hybridized carbons (Fsp3) is 0. The Morgan fingerprint density at radius 2 is 2.21 bits per heavy atom. The van der Waals surface area contributed by atoms with Gasteiger partial charge in [-0.1, -0.05) is 30.3 Å². The number of hydrogen-bond donors (Lipinski definition) is 3. The van der Waals surface area contributed by atoms with Gasteiger partial charge in [0.25, 0.3) is 5.91 Å². The highest BCUT2D eigenvalue weighted by Gasteiger charge is 2.13. The lowest BCUT2D eigenvalue weighted by molar-refractivity contribution is -0.112. The molecule has 1 aromatic carbocycles. The van der Waals surface area contributed by atoms with Crippen molar-refractivity contribution in [3.63, 3.8) is 0 Å². The minimum Gasteiger partial charge on any atom is -0.404 e. The van der Waals surface area contributed by atoms with Crippen LogP contribution in [0.1, 0.15) is 0 Å². The highest BCUT2D eigenvalue weighted by atomic mass is 35.5. The Labute approximate surface area is 143 Å². The fourth-order valence-electron chi connectivity index (χ4n) is 2.49. The van der Waals surface area contributed by atoms with Crippen molar-refractivity contribution in [2.75, 3.05) is 5.32 Å². The fourth-order valence-corrected chi connectivity index (χ4v) is 2.71. The molecule has 0 radical (unpaired) electrons. The van der Waals surface area contributed by atoms with Gasteiger partial charge >= 0.3 is 0 Å². The van der Waals surface area contributed by atoms with E-state index >= 15 is 0 Å². The topological polar surface area (TPSA) is 83.8 Å². The third-order valence-electron chi connectivity index (χ3n) is 3.58. The van der Waals surface area contributed by atoms with E-state index in [1.165, 1.54) is 6.20 Å². The number of amides is 1. The van der Waals surface area contributed by atoms with Crippen LogP contribution in [0.25, 0.3) is 21.8 Å². The highest BCUT2D eigenvalue weighted by molar-refractivity contribution is 6.33. The average molecular weight is 339 g/mol. The lowest BCUT2D eigenvalue weighted by atomic mass is 10.1. The minimum absolute atomic E-state index is 0.320. The van der Waals surface area contributed by atoms with E-state index in [9.17, 15) is 4.79 Å². The van der Waals surface area contributed by atoms with Crippen LogP contribution in [0.15, 0.2) is 67.2 Å². The van der Waals surface area contributed by atoms with Crippen LogP contribution in [-0.2, 0) is 4.79 Å². The zero-order valence-electron chi connectivity index (χ0n) is 12.7. The summed E-state index contributed by atoms with van der Waals surface area (Å²) in [4.78, 5) is 19.8. The molecule has 120 valence electrons. The Hall–Kier alpha value is -3.05. The molecule has 0 aliphatic heterocycles. The predicted molar refractivity (Wildman–Crippen MR) is 98.8 cm³/mol. The molecule has 0 aliphatic carbocycles. The Balaban J connectivity index is 2.08. The number of hydrogen-bond acceptors (Lipinski definition) is 3. The first-order valence-electron chi connectivity index (χ1n) is 7.21. The Morgan fingerprint density at radius 1 is 1.38 bits per heavy atom. The van der Waals surface area contributed by atoms with Crippen molar-refractivity contribution in [1.82, 2.24) is 9.97 Å². The zero-order chi connectivity index (χ0) is 17.1. The molecular formula is C18H15ClN4O. The van der Waals surface area contributed by atoms with Gasteiger partial charge in [0.2, 0.25) is 0 Å². The number of anilines is 1. The Bertz CT molecular complexity index is 1000. The van der Waals surface area contributed by atoms with Crippen LogP contribution in [0, 0.1) is 0 Å². The molecular weight excluding hydrogens is 324 g/mol. The van der Waals surface area contributed by atoms with Gasteiger partial charge in [-0.3, -0.25) is 9.78 Å². The van der Waals surface area contributed by atoms with E-state index in [2.05, 4.69) is 21.9 Å². The number of H-pyrrole nitrogens is 1. The summed E-state index contributed by atoms with van der Waals surface area (Å²) in [5.41, 5.74) is 8.06. The lowest BCUT2D eigenvalue weighted by Gasteiger charge is -2.08. The molecule has 0 saturated carbocycles. The van der Waals surface area contributed by atoms with E-state index in [0.717, 1.165) is 21.8 Å². The Morgan fingerprint density at radius 3 is 2.96 bits per heavy atom. The first kappa shape index (κ1) is 15.8. The second-order valence-electron chi connectivity index (χ2n) is 5.09. The summed E-state index contributed by atoms with van der Waals surface area (Å²) in [5.74, 6) is -0.337. The molecule has 3 rings (SSSR count). The van der Waals surface area contributed by atoms with E-state index in [1.54, 1.807) is 36.7 Å². The van der Waals surface area contributed by atoms with Crippen molar-refractivity contribution < 1.29 is 4.79 Å². The smallest absolute Gasteiger partial charge is 0.257 e. The Kier molecular flexibility index (Phi) is 4.35. The maximum atomic E-state index is 12.4. The SMILES string of the molecule is C=C/C=C\C(=C/N)C(=O)Nc1cc(Cl)cc2c1[nH]c1cnccc12. The van der Waals surface area contributed by atoms with Gasteiger partial charge < -0.3 is 16.0 Å². The van der Waals surface area contributed by atoms with Crippen molar-refractivity contribution in [2.45, 2.75) is 0 Å². The van der Waals surface area contributed by atoms with Gasteiger partial charge in [-0.25, -0.2) is 0 Å². The maximum Gasteiger partial charge on any atom is 0.257 e. The van der Waals surface area contributed by atoms with Crippen LogP contribution in [0.5, 0.6) is 0 Å². The standard InChI is InChI=1S/C18H15ClN4O/c1-2-3-4-11(9-20)18(24)23-15-8-12(19)7-14-13-5-6-21-10-16(13)22-17(14)15/h2-10,22H,1,20H2,(H,23,24)/b4-3-,11-9+. The second kappa shape index (κ2) is 6.60. The average Bonchev–Trinajstić information content (AvgIpc) is 2.94. The molecule has 1 amide bonds. The summed E-state index contributed by atoms with van der Waals surface area (Å²) in [6.45, 7) is 3.57. The summed E-state index contributed by atoms with van der Waals surface area (Å²) >= 11 is 6.21. The van der Waals surface area contributed by atoms with Crippen molar-refractivity contribution in [3.05, 3.63) is 72.2 Å². The largest absolute Gasteiger partial charge is 0.404 e. The minimum atomic E-state index is -0.337. The van der Waals surface area contributed by atoms with Gasteiger partial charge in [-0.15, -0.1) is 0 Å². The summed E-state index contributed by atoms with van der Waals surface area (Å²) in [6, 6.07) is 5.44. The molecule has 0 unspecified atom stereocenters. The van der Waals surface area contributed by atoms with Gasteiger partial charge in [0.1, 0.15) is 0 Å². The van der Waals surface area contributed by atoms with Gasteiger partial charge in [-0.2, -0.15) is 0 Å². The molecule has 2 aromatic heterocycles. The molecule has 0 aliphatic rings. The summed E-state index contributed by atoms with van der Waals surface area (Å²) in [7, 11) is 0. The number of carbonyl (C=O) groups is 1. The number of carbonyl (C=O) groups excluding carboxylic acids is 1. The molecule has 3 aromatic rings. The summed E-state index contributed by atoms with van der Waals surface area (Å²) < 4.78 is 0. The predicted octanol–water partition coefficient (Wildman–Crippen LogP) is 3.89. The van der Waals surface area contributed by atoms with E-state index in [0.29, 0.717) is 16.3 Å². The molecule has 4 N–H and O–H groups in total. The molecule has 0 atom stereocenters. The van der Waals surface area contributed by atoms with Crippen molar-refractivity contribution in [2.24, 2.45) is 5.73 Å². The van der Waals surface area contributed by atoms with Crippen molar-refractivity contribution >= 4 is 45.0 Å². The van der Waals surface area contributed by atoms with Crippen LogP contribution < -0.4 is 11.1 Å². The number of aromatic amines is 1. The van der Waals surface area contributed by atoms with Crippen molar-refractivity contribution in [3.8, 4) is 0 Å². The van der Waals surface area contributed by atoms with Crippen LogP contribution >= 0.6 is 11.6 Å². The number of nitrogens with one attached hydrogen (secondary N) is 2. The molecule has 5 nitrogen and oxygen atoms in total. The van der Waals surface area contributed by atoms with E-state index in [4.69, 9.17) is 17.3 Å². The molecule has 2 heterocycles. The van der Waals surface area contributed by atoms with E-state index < -0.39 is 0 Å². The molecule has 0 bridgehead atoms. The molecule has 0 saturated heterocycles. The van der Waals surface area contributed by atoms with Gasteiger partial charge in [0.15, 0.2) is 0 Å². The van der Waals surface area contributed by atoms with Gasteiger partial charge in [0, 0.05) is 28.2 Å². The van der Waals surface area contributed by atoms with Gasteiger partial charge in [-0.05, 0) is 24.3 Å². The normalized spacial score (nSPS) is 12.1. The zero-order valence-corrected chi connectivity index (χ0v) is 13.5. The first-order chi connectivity index (χ1) is 11.6. The number of aromatic nitrogens is 2. The number of allylic oxidation sites excluding steroid dienone is 2. The van der Waals surface area contributed by atoms with Crippen LogP contribution in [0.3, 0.4) is 0 Å². The lowest BCUT2D eigenvalue weighted by Crippen LogP contribution is -2.14. The number of fused-ring (bicyclic) bond motifs is 3. The number of pyridine rings is 1. The number of nitrogens with two attached hydrogens (primary N) is 1. The van der Waals surface area contributed by atoms with Crippen molar-refractivity contribution in [1.29, 1.82) is 0 Å². The monoisotopic (exact) mass is 338 g/mol. The molecule has 6 heteroatoms. The first-order valence-corrected chi connectivity index (χ1v) is 7.59. The molecule has 0 spiro atoms. The van der Waals surface area contributed by atoms with E-state index in [-0.39, 0.29) is 5.91 Å². The van der Waals surface area contributed by atoms with Gasteiger partial charge in [0.05, 0.1) is 28.5 Å².